The molecule has 0 saturated heterocycles. The van der Waals surface area contributed by atoms with Crippen molar-refractivity contribution in [2.45, 2.75) is 58.9 Å². The van der Waals surface area contributed by atoms with Gasteiger partial charge in [-0.25, -0.2) is 9.36 Å². The average Bonchev–Trinajstić information content (AvgIpc) is 2.63. The van der Waals surface area contributed by atoms with Crippen molar-refractivity contribution in [3.8, 4) is 5.69 Å². The third kappa shape index (κ3) is 3.62. The topological polar surface area (TPSA) is 56.0 Å². The lowest BCUT2D eigenvalue weighted by atomic mass is 9.95. The van der Waals surface area contributed by atoms with Gasteiger partial charge in [0.25, 0.3) is 5.56 Å². The molecule has 1 aliphatic rings. The molecule has 1 N–H and O–H groups in total. The summed E-state index contributed by atoms with van der Waals surface area (Å²) in [4.78, 5) is 26.4. The summed E-state index contributed by atoms with van der Waals surface area (Å²) >= 11 is 0. The van der Waals surface area contributed by atoms with Crippen molar-refractivity contribution in [3.63, 3.8) is 0 Å². The third-order valence-corrected chi connectivity index (χ3v) is 5.18. The molecule has 1 saturated carbocycles. The molecule has 0 aliphatic heterocycles. The second kappa shape index (κ2) is 7.94. The van der Waals surface area contributed by atoms with Gasteiger partial charge in [-0.2, -0.15) is 0 Å². The Bertz CT molecular complexity index is 859. The van der Waals surface area contributed by atoms with Crippen molar-refractivity contribution in [2.24, 2.45) is 5.92 Å². The lowest BCUT2D eigenvalue weighted by Gasteiger charge is -2.28. The first-order chi connectivity index (χ1) is 12.5. The van der Waals surface area contributed by atoms with Crippen LogP contribution in [0.2, 0.25) is 0 Å². The fourth-order valence-corrected chi connectivity index (χ4v) is 3.81. The van der Waals surface area contributed by atoms with Crippen LogP contribution >= 0.6 is 0 Å². The van der Waals surface area contributed by atoms with Gasteiger partial charge in [0, 0.05) is 18.3 Å². The molecule has 2 aromatic rings. The summed E-state index contributed by atoms with van der Waals surface area (Å²) in [6, 6.07) is 9.40. The molecule has 1 fully saturated rings. The lowest BCUT2D eigenvalue weighted by Crippen LogP contribution is -2.43. The van der Waals surface area contributed by atoms with E-state index in [1.54, 1.807) is 0 Å². The number of hydrogen-bond acceptors (Lipinski definition) is 3. The number of rotatable bonds is 5. The van der Waals surface area contributed by atoms with Gasteiger partial charge in [0.05, 0.1) is 5.69 Å². The summed E-state index contributed by atoms with van der Waals surface area (Å²) in [6.45, 7) is 6.81. The number of nitrogens with zero attached hydrogens (tertiary/aromatic N) is 2. The second-order valence-electron chi connectivity index (χ2n) is 7.66. The number of para-hydroxylation sites is 1. The standard InChI is InChI=1S/C21H29N3O2/c1-15(2)14-22-19-16(3)23(17-10-6-4-7-11-17)21(26)24(20(19)25)18-12-8-5-9-13-18/h5,8-9,12-13,15,17,22H,4,6-7,10-11,14H2,1-3H3. The quantitative estimate of drug-likeness (QED) is 0.885. The summed E-state index contributed by atoms with van der Waals surface area (Å²) < 4.78 is 3.18. The van der Waals surface area contributed by atoms with Crippen molar-refractivity contribution >= 4 is 5.69 Å². The van der Waals surface area contributed by atoms with Gasteiger partial charge < -0.3 is 5.32 Å². The van der Waals surface area contributed by atoms with Gasteiger partial charge in [0.1, 0.15) is 5.69 Å². The van der Waals surface area contributed by atoms with E-state index in [0.29, 0.717) is 23.8 Å². The van der Waals surface area contributed by atoms with Crippen molar-refractivity contribution < 1.29 is 0 Å². The van der Waals surface area contributed by atoms with Crippen LogP contribution in [0.1, 0.15) is 57.7 Å². The summed E-state index contributed by atoms with van der Waals surface area (Å²) in [5.74, 6) is 0.411. The van der Waals surface area contributed by atoms with Gasteiger partial charge in [-0.15, -0.1) is 0 Å². The highest BCUT2D eigenvalue weighted by atomic mass is 16.2. The van der Waals surface area contributed by atoms with Crippen LogP contribution in [0.3, 0.4) is 0 Å². The van der Waals surface area contributed by atoms with E-state index in [1.165, 1.54) is 11.0 Å². The van der Waals surface area contributed by atoms with E-state index in [9.17, 15) is 9.59 Å². The Morgan fingerprint density at radius 1 is 1.08 bits per heavy atom. The molecule has 0 amide bonds. The van der Waals surface area contributed by atoms with E-state index in [-0.39, 0.29) is 17.3 Å². The molecular formula is C21H29N3O2. The summed E-state index contributed by atoms with van der Waals surface area (Å²) in [6.07, 6.45) is 5.49. The molecule has 3 rings (SSSR count). The maximum atomic E-state index is 13.3. The molecule has 0 bridgehead atoms. The second-order valence-corrected chi connectivity index (χ2v) is 7.66. The Morgan fingerprint density at radius 3 is 2.35 bits per heavy atom. The van der Waals surface area contributed by atoms with Crippen molar-refractivity contribution in [3.05, 3.63) is 56.9 Å². The zero-order valence-corrected chi connectivity index (χ0v) is 16.0. The lowest BCUT2D eigenvalue weighted by molar-refractivity contribution is 0.335. The van der Waals surface area contributed by atoms with Crippen LogP contribution in [0.5, 0.6) is 0 Å². The van der Waals surface area contributed by atoms with Gasteiger partial charge in [-0.3, -0.25) is 9.36 Å². The fraction of sp³-hybridized carbons (Fsp3) is 0.524. The Morgan fingerprint density at radius 2 is 1.73 bits per heavy atom. The Kier molecular flexibility index (Phi) is 5.64. The minimum atomic E-state index is -0.258. The molecule has 5 nitrogen and oxygen atoms in total. The number of hydrogen-bond donors (Lipinski definition) is 1. The molecule has 1 aromatic carbocycles. The van der Waals surface area contributed by atoms with Gasteiger partial charge >= 0.3 is 5.69 Å². The molecule has 5 heteroatoms. The highest BCUT2D eigenvalue weighted by Crippen LogP contribution is 2.29. The minimum absolute atomic E-state index is 0.173. The number of aromatic nitrogens is 2. The Labute approximate surface area is 154 Å². The van der Waals surface area contributed by atoms with Crippen LogP contribution in [0.4, 0.5) is 5.69 Å². The molecule has 26 heavy (non-hydrogen) atoms. The first-order valence-corrected chi connectivity index (χ1v) is 9.68. The molecule has 0 unspecified atom stereocenters. The van der Waals surface area contributed by atoms with Gasteiger partial charge in [0.15, 0.2) is 0 Å². The zero-order valence-electron chi connectivity index (χ0n) is 16.0. The average molecular weight is 355 g/mol. The van der Waals surface area contributed by atoms with Gasteiger partial charge in [-0.05, 0) is 37.8 Å². The maximum Gasteiger partial charge on any atom is 0.336 e. The monoisotopic (exact) mass is 355 g/mol. The summed E-state index contributed by atoms with van der Waals surface area (Å²) in [5.41, 5.74) is 1.46. The maximum absolute atomic E-state index is 13.3. The van der Waals surface area contributed by atoms with Crippen LogP contribution in [0.15, 0.2) is 39.9 Å². The Hall–Kier alpha value is -2.30. The molecule has 1 heterocycles. The van der Waals surface area contributed by atoms with Crippen LogP contribution in [0, 0.1) is 12.8 Å². The highest BCUT2D eigenvalue weighted by Gasteiger charge is 2.24. The van der Waals surface area contributed by atoms with E-state index >= 15 is 0 Å². The van der Waals surface area contributed by atoms with Crippen molar-refractivity contribution in [1.82, 2.24) is 9.13 Å². The van der Waals surface area contributed by atoms with Crippen LogP contribution in [0.25, 0.3) is 5.69 Å². The molecule has 140 valence electrons. The molecular weight excluding hydrogens is 326 g/mol. The molecule has 0 radical (unpaired) electrons. The molecule has 0 atom stereocenters. The predicted octanol–water partition coefficient (Wildman–Crippen LogP) is 3.88. The fourth-order valence-electron chi connectivity index (χ4n) is 3.81. The zero-order chi connectivity index (χ0) is 18.7. The molecule has 0 spiro atoms. The van der Waals surface area contributed by atoms with Crippen LogP contribution in [-0.2, 0) is 0 Å². The summed E-state index contributed by atoms with van der Waals surface area (Å²) in [5, 5.41) is 3.30. The smallest absolute Gasteiger partial charge is 0.336 e. The first kappa shape index (κ1) is 18.5. The molecule has 1 aromatic heterocycles. The van der Waals surface area contributed by atoms with Gasteiger partial charge in [0.2, 0.25) is 0 Å². The summed E-state index contributed by atoms with van der Waals surface area (Å²) in [7, 11) is 0. The highest BCUT2D eigenvalue weighted by molar-refractivity contribution is 5.48. The van der Waals surface area contributed by atoms with Gasteiger partial charge in [-0.1, -0.05) is 51.3 Å². The Balaban J connectivity index is 2.21. The van der Waals surface area contributed by atoms with Crippen molar-refractivity contribution in [2.75, 3.05) is 11.9 Å². The van der Waals surface area contributed by atoms with E-state index in [1.807, 2.05) is 41.8 Å². The van der Waals surface area contributed by atoms with E-state index in [4.69, 9.17) is 0 Å². The normalized spacial score (nSPS) is 15.4. The SMILES string of the molecule is Cc1c(NCC(C)C)c(=O)n(-c2ccccc2)c(=O)n1C1CCCCC1. The van der Waals surface area contributed by atoms with Crippen LogP contribution in [-0.4, -0.2) is 15.7 Å². The van der Waals surface area contributed by atoms with E-state index in [0.717, 1.165) is 31.4 Å². The number of nitrogens with one attached hydrogen (secondary N) is 1. The van der Waals surface area contributed by atoms with E-state index in [2.05, 4.69) is 19.2 Å². The predicted molar refractivity (Wildman–Crippen MR) is 106 cm³/mol. The molecule has 1 aliphatic carbocycles. The first-order valence-electron chi connectivity index (χ1n) is 9.68. The number of benzene rings is 1. The number of anilines is 1. The van der Waals surface area contributed by atoms with Crippen LogP contribution < -0.4 is 16.6 Å². The van der Waals surface area contributed by atoms with E-state index < -0.39 is 0 Å². The third-order valence-electron chi connectivity index (χ3n) is 5.18. The van der Waals surface area contributed by atoms with Crippen molar-refractivity contribution in [1.29, 1.82) is 0 Å². The largest absolute Gasteiger partial charge is 0.379 e. The minimum Gasteiger partial charge on any atom is -0.379 e.